The molecule has 3 amide bonds. The fourth-order valence-corrected chi connectivity index (χ4v) is 3.84. The van der Waals surface area contributed by atoms with Gasteiger partial charge < -0.3 is 15.5 Å². The average molecular weight is 471 g/mol. The highest BCUT2D eigenvalue weighted by Crippen LogP contribution is 2.30. The molecule has 1 saturated heterocycles. The number of urea groups is 1. The third kappa shape index (κ3) is 5.36. The predicted molar refractivity (Wildman–Crippen MR) is 121 cm³/mol. The van der Waals surface area contributed by atoms with E-state index in [1.807, 2.05) is 0 Å². The van der Waals surface area contributed by atoms with Gasteiger partial charge >= 0.3 is 12.2 Å². The van der Waals surface area contributed by atoms with E-state index in [9.17, 15) is 27.2 Å². The van der Waals surface area contributed by atoms with Crippen molar-refractivity contribution in [1.29, 1.82) is 0 Å². The van der Waals surface area contributed by atoms with E-state index < -0.39 is 23.8 Å². The second kappa shape index (κ2) is 9.54. The normalized spacial score (nSPS) is 16.3. The van der Waals surface area contributed by atoms with Gasteiger partial charge in [-0.25, -0.2) is 9.18 Å². The summed E-state index contributed by atoms with van der Waals surface area (Å²) in [5, 5.41) is 5.05. The molecule has 1 atom stereocenters. The molecule has 176 valence electrons. The zero-order chi connectivity index (χ0) is 24.3. The quantitative estimate of drug-likeness (QED) is 0.471. The maximum Gasteiger partial charge on any atom is 0.416 e. The lowest BCUT2D eigenvalue weighted by molar-refractivity contribution is -0.137. The van der Waals surface area contributed by atoms with Crippen LogP contribution in [0.4, 0.5) is 33.7 Å². The van der Waals surface area contributed by atoms with E-state index in [4.69, 9.17) is 0 Å². The second-order valence-electron chi connectivity index (χ2n) is 7.92. The standard InChI is InChI=1S/C25H21F4N3O2/c26-19-4-1-3-17(15-19)16-6-12-21(13-7-16)32-14-2-5-22(23(32)33)31-24(34)30-20-10-8-18(9-11-20)25(27,28)29/h1,3-4,6-13,15,22H,2,5,14H2,(H2,30,31,34). The molecule has 0 aliphatic carbocycles. The summed E-state index contributed by atoms with van der Waals surface area (Å²) in [4.78, 5) is 26.9. The zero-order valence-corrected chi connectivity index (χ0v) is 17.9. The molecule has 1 aliphatic rings. The molecule has 2 N–H and O–H groups in total. The van der Waals surface area contributed by atoms with Crippen molar-refractivity contribution in [2.45, 2.75) is 25.1 Å². The third-order valence-corrected chi connectivity index (χ3v) is 5.55. The minimum absolute atomic E-state index is 0.179. The lowest BCUT2D eigenvalue weighted by atomic mass is 10.0. The minimum atomic E-state index is -4.46. The third-order valence-electron chi connectivity index (χ3n) is 5.55. The van der Waals surface area contributed by atoms with E-state index in [1.165, 1.54) is 12.1 Å². The van der Waals surface area contributed by atoms with E-state index in [0.717, 1.165) is 35.4 Å². The molecule has 34 heavy (non-hydrogen) atoms. The number of piperidine rings is 1. The number of alkyl halides is 3. The van der Waals surface area contributed by atoms with Crippen molar-refractivity contribution in [2.75, 3.05) is 16.8 Å². The lowest BCUT2D eigenvalue weighted by Crippen LogP contribution is -2.53. The van der Waals surface area contributed by atoms with Crippen molar-refractivity contribution in [3.05, 3.63) is 84.2 Å². The van der Waals surface area contributed by atoms with Crippen molar-refractivity contribution in [3.63, 3.8) is 0 Å². The fraction of sp³-hybridized carbons (Fsp3) is 0.200. The van der Waals surface area contributed by atoms with Gasteiger partial charge in [-0.2, -0.15) is 13.2 Å². The zero-order valence-electron chi connectivity index (χ0n) is 17.9. The molecule has 1 fully saturated rings. The number of nitrogens with zero attached hydrogens (tertiary/aromatic N) is 1. The summed E-state index contributed by atoms with van der Waals surface area (Å²) in [5.41, 5.74) is 1.53. The number of halogens is 4. The highest BCUT2D eigenvalue weighted by molar-refractivity contribution is 6.01. The molecular formula is C25H21F4N3O2. The molecule has 0 radical (unpaired) electrons. The van der Waals surface area contributed by atoms with E-state index in [2.05, 4.69) is 10.6 Å². The fourth-order valence-electron chi connectivity index (χ4n) is 3.84. The highest BCUT2D eigenvalue weighted by atomic mass is 19.4. The van der Waals surface area contributed by atoms with Gasteiger partial charge in [0.05, 0.1) is 5.56 Å². The lowest BCUT2D eigenvalue weighted by Gasteiger charge is -2.32. The summed E-state index contributed by atoms with van der Waals surface area (Å²) < 4.78 is 51.5. The van der Waals surface area contributed by atoms with Crippen LogP contribution in [0, 0.1) is 5.82 Å². The maximum absolute atomic E-state index is 13.5. The number of rotatable bonds is 4. The van der Waals surface area contributed by atoms with Crippen LogP contribution in [-0.2, 0) is 11.0 Å². The topological polar surface area (TPSA) is 61.4 Å². The molecule has 3 aromatic carbocycles. The van der Waals surface area contributed by atoms with E-state index >= 15 is 0 Å². The summed E-state index contributed by atoms with van der Waals surface area (Å²) in [6.07, 6.45) is -3.37. The summed E-state index contributed by atoms with van der Waals surface area (Å²) in [6.45, 7) is 0.483. The smallest absolute Gasteiger partial charge is 0.326 e. The summed E-state index contributed by atoms with van der Waals surface area (Å²) in [7, 11) is 0. The van der Waals surface area contributed by atoms with Crippen LogP contribution in [0.15, 0.2) is 72.8 Å². The Morgan fingerprint density at radius 2 is 1.65 bits per heavy atom. The van der Waals surface area contributed by atoms with Gasteiger partial charge in [-0.05, 0) is 72.5 Å². The molecule has 3 aromatic rings. The Bertz CT molecular complexity index is 1180. The van der Waals surface area contributed by atoms with Crippen LogP contribution in [0.2, 0.25) is 0 Å². The van der Waals surface area contributed by atoms with Gasteiger partial charge in [-0.3, -0.25) is 4.79 Å². The Labute approximate surface area is 193 Å². The molecule has 4 rings (SSSR count). The Hall–Kier alpha value is -3.88. The highest BCUT2D eigenvalue weighted by Gasteiger charge is 2.32. The molecular weight excluding hydrogens is 450 g/mol. The summed E-state index contributed by atoms with van der Waals surface area (Å²) >= 11 is 0. The monoisotopic (exact) mass is 471 g/mol. The molecule has 0 aromatic heterocycles. The van der Waals surface area contributed by atoms with Crippen molar-refractivity contribution < 1.29 is 27.2 Å². The first kappa shape index (κ1) is 23.3. The predicted octanol–water partition coefficient (Wildman–Crippen LogP) is 5.83. The molecule has 0 saturated carbocycles. The molecule has 1 unspecified atom stereocenters. The van der Waals surface area contributed by atoms with Gasteiger partial charge in [0.15, 0.2) is 0 Å². The Balaban J connectivity index is 1.39. The van der Waals surface area contributed by atoms with Gasteiger partial charge in [0.1, 0.15) is 11.9 Å². The van der Waals surface area contributed by atoms with Crippen LogP contribution in [0.25, 0.3) is 11.1 Å². The number of benzene rings is 3. The number of carbonyl (C=O) groups is 2. The number of carbonyl (C=O) groups excluding carboxylic acids is 2. The van der Waals surface area contributed by atoms with Gasteiger partial charge in [-0.1, -0.05) is 24.3 Å². The first-order valence-corrected chi connectivity index (χ1v) is 10.6. The first-order valence-electron chi connectivity index (χ1n) is 10.6. The van der Waals surface area contributed by atoms with Crippen molar-refractivity contribution in [1.82, 2.24) is 5.32 Å². The molecule has 1 heterocycles. The molecule has 1 aliphatic heterocycles. The number of hydrogen-bond donors (Lipinski definition) is 2. The van der Waals surface area contributed by atoms with Crippen molar-refractivity contribution in [3.8, 4) is 11.1 Å². The van der Waals surface area contributed by atoms with Crippen LogP contribution in [-0.4, -0.2) is 24.5 Å². The van der Waals surface area contributed by atoms with Crippen LogP contribution in [0.3, 0.4) is 0 Å². The number of nitrogens with one attached hydrogen (secondary N) is 2. The average Bonchev–Trinajstić information content (AvgIpc) is 2.80. The molecule has 0 bridgehead atoms. The van der Waals surface area contributed by atoms with Crippen molar-refractivity contribution in [2.24, 2.45) is 0 Å². The van der Waals surface area contributed by atoms with Crippen molar-refractivity contribution >= 4 is 23.3 Å². The Morgan fingerprint density at radius 1 is 0.941 bits per heavy atom. The summed E-state index contributed by atoms with van der Waals surface area (Å²) in [6, 6.07) is 15.9. The van der Waals surface area contributed by atoms with Crippen LogP contribution in [0.5, 0.6) is 0 Å². The van der Waals surface area contributed by atoms with E-state index in [0.29, 0.717) is 25.1 Å². The Kier molecular flexibility index (Phi) is 6.54. The van der Waals surface area contributed by atoms with E-state index in [1.54, 1.807) is 41.3 Å². The van der Waals surface area contributed by atoms with Crippen LogP contribution >= 0.6 is 0 Å². The largest absolute Gasteiger partial charge is 0.416 e. The summed E-state index contributed by atoms with van der Waals surface area (Å²) in [5.74, 6) is -0.622. The maximum atomic E-state index is 13.5. The number of anilines is 2. The van der Waals surface area contributed by atoms with Gasteiger partial charge in [0.25, 0.3) is 0 Å². The second-order valence-corrected chi connectivity index (χ2v) is 7.92. The molecule has 0 spiro atoms. The minimum Gasteiger partial charge on any atom is -0.326 e. The molecule has 5 nitrogen and oxygen atoms in total. The van der Waals surface area contributed by atoms with E-state index in [-0.39, 0.29) is 17.4 Å². The van der Waals surface area contributed by atoms with Crippen LogP contribution in [0.1, 0.15) is 18.4 Å². The first-order chi connectivity index (χ1) is 16.2. The number of amides is 3. The van der Waals surface area contributed by atoms with Gasteiger partial charge in [0.2, 0.25) is 5.91 Å². The van der Waals surface area contributed by atoms with Gasteiger partial charge in [0, 0.05) is 17.9 Å². The molecule has 9 heteroatoms. The van der Waals surface area contributed by atoms with Gasteiger partial charge in [-0.15, -0.1) is 0 Å². The Morgan fingerprint density at radius 3 is 2.29 bits per heavy atom. The number of hydrogen-bond acceptors (Lipinski definition) is 2. The van der Waals surface area contributed by atoms with Crippen LogP contribution < -0.4 is 15.5 Å². The SMILES string of the molecule is O=C(Nc1ccc(C(F)(F)F)cc1)NC1CCCN(c2ccc(-c3cccc(F)c3)cc2)C1=O.